The number of amides is 2. The number of aliphatic imine (C=N–C) groups is 1. The Morgan fingerprint density at radius 3 is 2.37 bits per heavy atom. The Morgan fingerprint density at radius 2 is 1.67 bits per heavy atom. The van der Waals surface area contributed by atoms with E-state index in [0.29, 0.717) is 43.1 Å². The monoisotopic (exact) mass is 411 g/mol. The van der Waals surface area contributed by atoms with E-state index >= 15 is 0 Å². The van der Waals surface area contributed by atoms with Gasteiger partial charge in [0.05, 0.1) is 0 Å². The molecule has 0 aromatic heterocycles. The molecule has 0 saturated heterocycles. The van der Waals surface area contributed by atoms with E-state index in [1.54, 1.807) is 25.2 Å². The Balaban J connectivity index is 1.79. The second kappa shape index (κ2) is 12.1. The second-order valence-electron chi connectivity index (χ2n) is 6.52. The molecule has 0 spiro atoms. The molecule has 2 amide bonds. The van der Waals surface area contributed by atoms with Crippen molar-refractivity contribution in [2.24, 2.45) is 4.99 Å². The molecular formula is C22H29N5O3. The number of carbonyl (C=O) groups excluding carboxylic acids is 2. The van der Waals surface area contributed by atoms with Crippen molar-refractivity contribution in [1.82, 2.24) is 21.3 Å². The number of aromatic hydroxyl groups is 1. The van der Waals surface area contributed by atoms with Gasteiger partial charge >= 0.3 is 0 Å². The van der Waals surface area contributed by atoms with Crippen LogP contribution in [0.1, 0.15) is 33.2 Å². The number of phenolic OH excluding ortho intramolecular Hbond substituents is 1. The van der Waals surface area contributed by atoms with Crippen molar-refractivity contribution in [3.8, 4) is 5.75 Å². The summed E-state index contributed by atoms with van der Waals surface area (Å²) in [5.74, 6) is 0.485. The van der Waals surface area contributed by atoms with E-state index in [4.69, 9.17) is 0 Å². The molecule has 0 aliphatic heterocycles. The summed E-state index contributed by atoms with van der Waals surface area (Å²) in [5.41, 5.74) is 2.16. The number of phenols is 1. The third-order valence-electron chi connectivity index (χ3n) is 4.26. The van der Waals surface area contributed by atoms with E-state index in [9.17, 15) is 14.7 Å². The van der Waals surface area contributed by atoms with Crippen LogP contribution in [-0.2, 0) is 6.42 Å². The molecule has 0 radical (unpaired) electrons. The van der Waals surface area contributed by atoms with Crippen molar-refractivity contribution in [2.45, 2.75) is 13.3 Å². The lowest BCUT2D eigenvalue weighted by molar-refractivity contribution is 0.0949. The predicted molar refractivity (Wildman–Crippen MR) is 118 cm³/mol. The van der Waals surface area contributed by atoms with Crippen LogP contribution in [-0.4, -0.2) is 56.1 Å². The van der Waals surface area contributed by atoms with Crippen molar-refractivity contribution < 1.29 is 14.7 Å². The number of hydrogen-bond acceptors (Lipinski definition) is 4. The number of guanidine groups is 1. The minimum absolute atomic E-state index is 0.107. The van der Waals surface area contributed by atoms with Crippen LogP contribution in [0.15, 0.2) is 53.5 Å². The van der Waals surface area contributed by atoms with Gasteiger partial charge in [-0.1, -0.05) is 12.1 Å². The van der Waals surface area contributed by atoms with Gasteiger partial charge in [0, 0.05) is 44.4 Å². The molecular weight excluding hydrogens is 382 g/mol. The van der Waals surface area contributed by atoms with Gasteiger partial charge in [0.2, 0.25) is 0 Å². The second-order valence-corrected chi connectivity index (χ2v) is 6.52. The Kier molecular flexibility index (Phi) is 9.18. The highest BCUT2D eigenvalue weighted by molar-refractivity contribution is 5.94. The summed E-state index contributed by atoms with van der Waals surface area (Å²) in [6, 6.07) is 13.6. The first-order valence-corrected chi connectivity index (χ1v) is 9.94. The number of carbonyl (C=O) groups is 2. The highest BCUT2D eigenvalue weighted by atomic mass is 16.3. The zero-order chi connectivity index (χ0) is 21.8. The fraction of sp³-hybridized carbons (Fsp3) is 0.318. The van der Waals surface area contributed by atoms with E-state index in [1.807, 2.05) is 25.1 Å². The van der Waals surface area contributed by atoms with Crippen LogP contribution in [0.2, 0.25) is 0 Å². The number of hydrogen-bond donors (Lipinski definition) is 5. The van der Waals surface area contributed by atoms with E-state index < -0.39 is 0 Å². The van der Waals surface area contributed by atoms with Crippen LogP contribution >= 0.6 is 0 Å². The maximum atomic E-state index is 12.1. The summed E-state index contributed by atoms with van der Waals surface area (Å²) in [6.45, 7) is 4.21. The van der Waals surface area contributed by atoms with Crippen LogP contribution in [0, 0.1) is 0 Å². The topological polar surface area (TPSA) is 115 Å². The maximum Gasteiger partial charge on any atom is 0.251 e. The summed E-state index contributed by atoms with van der Waals surface area (Å²) in [5, 5.41) is 21.1. The van der Waals surface area contributed by atoms with Gasteiger partial charge in [0.25, 0.3) is 11.8 Å². The lowest BCUT2D eigenvalue weighted by atomic mass is 10.1. The minimum atomic E-state index is -0.199. The molecule has 0 bridgehead atoms. The molecule has 5 N–H and O–H groups in total. The number of benzene rings is 2. The van der Waals surface area contributed by atoms with Crippen LogP contribution in [0.25, 0.3) is 0 Å². The molecule has 160 valence electrons. The molecule has 2 aromatic carbocycles. The van der Waals surface area contributed by atoms with Crippen LogP contribution in [0.5, 0.6) is 5.75 Å². The lowest BCUT2D eigenvalue weighted by Gasteiger charge is -2.12. The largest absolute Gasteiger partial charge is 0.508 e. The predicted octanol–water partition coefficient (Wildman–Crippen LogP) is 1.28. The SMILES string of the molecule is CCNC(=NCCc1cccc(C(=O)NC)c1)NCCNC(=O)c1ccc(O)cc1. The molecule has 2 rings (SSSR count). The Bertz CT molecular complexity index is 865. The van der Waals surface area contributed by atoms with Crippen molar-refractivity contribution in [2.75, 3.05) is 33.2 Å². The van der Waals surface area contributed by atoms with Gasteiger partial charge in [-0.2, -0.15) is 0 Å². The van der Waals surface area contributed by atoms with Gasteiger partial charge in [-0.25, -0.2) is 0 Å². The fourth-order valence-electron chi connectivity index (χ4n) is 2.72. The van der Waals surface area contributed by atoms with E-state index in [0.717, 1.165) is 12.1 Å². The third kappa shape index (κ3) is 7.46. The van der Waals surface area contributed by atoms with Crippen LogP contribution in [0.4, 0.5) is 0 Å². The van der Waals surface area contributed by atoms with Gasteiger partial charge in [-0.15, -0.1) is 0 Å². The summed E-state index contributed by atoms with van der Waals surface area (Å²) in [4.78, 5) is 28.3. The Morgan fingerprint density at radius 1 is 0.933 bits per heavy atom. The highest BCUT2D eigenvalue weighted by Gasteiger charge is 2.05. The van der Waals surface area contributed by atoms with Gasteiger partial charge in [-0.05, 0) is 55.3 Å². The number of nitrogens with one attached hydrogen (secondary N) is 4. The smallest absolute Gasteiger partial charge is 0.251 e. The van der Waals surface area contributed by atoms with Gasteiger partial charge < -0.3 is 26.4 Å². The average Bonchev–Trinajstić information content (AvgIpc) is 2.76. The standard InChI is InChI=1S/C22H29N5O3/c1-3-24-22(26-12-11-16-5-4-6-18(15-16)20(29)23-2)27-14-13-25-21(30)17-7-9-19(28)10-8-17/h4-10,15,28H,3,11-14H2,1-2H3,(H,23,29)(H,25,30)(H2,24,26,27). The van der Waals surface area contributed by atoms with E-state index in [1.165, 1.54) is 12.1 Å². The first-order chi connectivity index (χ1) is 14.5. The van der Waals surface area contributed by atoms with Crippen molar-refractivity contribution in [3.63, 3.8) is 0 Å². The first kappa shape index (κ1) is 22.7. The molecule has 0 atom stereocenters. The zero-order valence-electron chi connectivity index (χ0n) is 17.4. The Hall–Kier alpha value is -3.55. The molecule has 0 unspecified atom stereocenters. The van der Waals surface area contributed by atoms with E-state index in [-0.39, 0.29) is 17.6 Å². The van der Waals surface area contributed by atoms with Crippen molar-refractivity contribution in [3.05, 3.63) is 65.2 Å². The molecule has 8 nitrogen and oxygen atoms in total. The molecule has 0 saturated carbocycles. The summed E-state index contributed by atoms with van der Waals surface area (Å²) in [7, 11) is 1.61. The lowest BCUT2D eigenvalue weighted by Crippen LogP contribution is -2.41. The molecule has 0 fully saturated rings. The molecule has 2 aromatic rings. The Labute approximate surface area is 176 Å². The van der Waals surface area contributed by atoms with Gasteiger partial charge in [-0.3, -0.25) is 14.6 Å². The fourth-order valence-corrected chi connectivity index (χ4v) is 2.72. The maximum absolute atomic E-state index is 12.1. The molecule has 8 heteroatoms. The van der Waals surface area contributed by atoms with Crippen molar-refractivity contribution >= 4 is 17.8 Å². The number of nitrogens with zero attached hydrogens (tertiary/aromatic N) is 1. The normalized spacial score (nSPS) is 10.9. The molecule has 30 heavy (non-hydrogen) atoms. The van der Waals surface area contributed by atoms with Crippen molar-refractivity contribution in [1.29, 1.82) is 0 Å². The minimum Gasteiger partial charge on any atom is -0.508 e. The highest BCUT2D eigenvalue weighted by Crippen LogP contribution is 2.09. The van der Waals surface area contributed by atoms with E-state index in [2.05, 4.69) is 26.3 Å². The first-order valence-electron chi connectivity index (χ1n) is 9.94. The summed E-state index contributed by atoms with van der Waals surface area (Å²) in [6.07, 6.45) is 0.707. The quantitative estimate of drug-likeness (QED) is 0.242. The third-order valence-corrected chi connectivity index (χ3v) is 4.26. The van der Waals surface area contributed by atoms with Crippen LogP contribution < -0.4 is 21.3 Å². The zero-order valence-corrected chi connectivity index (χ0v) is 17.4. The molecule has 0 heterocycles. The summed E-state index contributed by atoms with van der Waals surface area (Å²) >= 11 is 0. The van der Waals surface area contributed by atoms with Crippen LogP contribution in [0.3, 0.4) is 0 Å². The van der Waals surface area contributed by atoms with Gasteiger partial charge in [0.1, 0.15) is 5.75 Å². The number of rotatable bonds is 9. The molecule has 0 aliphatic rings. The summed E-state index contributed by atoms with van der Waals surface area (Å²) < 4.78 is 0. The van der Waals surface area contributed by atoms with Gasteiger partial charge in [0.15, 0.2) is 5.96 Å². The average molecular weight is 412 g/mol. The molecule has 0 aliphatic carbocycles.